The van der Waals surface area contributed by atoms with Gasteiger partial charge in [0, 0.05) is 37.3 Å². The van der Waals surface area contributed by atoms with Gasteiger partial charge in [-0.15, -0.1) is 0 Å². The Balaban J connectivity index is 1.59. The van der Waals surface area contributed by atoms with Crippen molar-refractivity contribution in [1.29, 1.82) is 0 Å². The van der Waals surface area contributed by atoms with Crippen LogP contribution in [0.25, 0.3) is 0 Å². The lowest BCUT2D eigenvalue weighted by molar-refractivity contribution is -0.129. The van der Waals surface area contributed by atoms with E-state index >= 15 is 0 Å². The van der Waals surface area contributed by atoms with E-state index < -0.39 is 0 Å². The third-order valence-corrected chi connectivity index (χ3v) is 6.86. The number of anilines is 1. The van der Waals surface area contributed by atoms with Crippen LogP contribution in [0.15, 0.2) is 66.2 Å². The summed E-state index contributed by atoms with van der Waals surface area (Å²) in [7, 11) is 0. The number of primary amides is 1. The Labute approximate surface area is 211 Å². The molecule has 2 aromatic carbocycles. The molecule has 5 nitrogen and oxygen atoms in total. The van der Waals surface area contributed by atoms with Gasteiger partial charge < -0.3 is 15.5 Å². The maximum atomic E-state index is 12.6. The van der Waals surface area contributed by atoms with Crippen LogP contribution in [0.3, 0.4) is 0 Å². The number of allylic oxidation sites excluding steroid dienone is 1. The normalized spacial score (nSPS) is 14.9. The fourth-order valence-corrected chi connectivity index (χ4v) is 4.45. The Kier molecular flexibility index (Phi) is 9.95. The Bertz CT molecular complexity index is 972. The van der Waals surface area contributed by atoms with Crippen LogP contribution in [0.5, 0.6) is 0 Å². The zero-order valence-electron chi connectivity index (χ0n) is 21.5. The van der Waals surface area contributed by atoms with Crippen LogP contribution in [0.2, 0.25) is 0 Å². The van der Waals surface area contributed by atoms with Gasteiger partial charge in [0.1, 0.15) is 0 Å². The number of carbonyl (C=O) groups excluding carboxylic acids is 2. The van der Waals surface area contributed by atoms with Crippen molar-refractivity contribution in [2.45, 2.75) is 58.9 Å². The largest absolute Gasteiger partial charge is 0.369 e. The Morgan fingerprint density at radius 3 is 2.17 bits per heavy atom. The van der Waals surface area contributed by atoms with Gasteiger partial charge in [-0.1, -0.05) is 61.0 Å². The molecule has 187 valence electrons. The van der Waals surface area contributed by atoms with Gasteiger partial charge in [0.25, 0.3) is 0 Å². The second-order valence-corrected chi connectivity index (χ2v) is 9.89. The molecule has 0 aromatic heterocycles. The fraction of sp³-hybridized carbons (Fsp3) is 0.433. The number of nitrogens with two attached hydrogens (primary N) is 1. The molecule has 1 heterocycles. The summed E-state index contributed by atoms with van der Waals surface area (Å²) < 4.78 is 0. The number of aryl methyl sites for hydroxylation is 2. The molecule has 0 bridgehead atoms. The molecule has 1 unspecified atom stereocenters. The highest BCUT2D eigenvalue weighted by atomic mass is 16.2. The molecule has 5 heteroatoms. The van der Waals surface area contributed by atoms with Crippen LogP contribution in [-0.4, -0.2) is 42.4 Å². The van der Waals surface area contributed by atoms with E-state index in [1.165, 1.54) is 22.4 Å². The first-order valence-electron chi connectivity index (χ1n) is 12.8. The average Bonchev–Trinajstić information content (AvgIpc) is 2.87. The summed E-state index contributed by atoms with van der Waals surface area (Å²) in [6, 6.07) is 20.0. The van der Waals surface area contributed by atoms with E-state index in [0.717, 1.165) is 45.3 Å². The molecule has 2 amide bonds. The van der Waals surface area contributed by atoms with E-state index in [9.17, 15) is 9.59 Å². The second kappa shape index (κ2) is 13.1. The summed E-state index contributed by atoms with van der Waals surface area (Å²) >= 11 is 0. The average molecular weight is 475 g/mol. The third kappa shape index (κ3) is 8.27. The fourth-order valence-electron chi connectivity index (χ4n) is 4.45. The van der Waals surface area contributed by atoms with Gasteiger partial charge in [-0.05, 0) is 69.2 Å². The highest BCUT2D eigenvalue weighted by molar-refractivity contribution is 5.86. The molecule has 1 aliphatic heterocycles. The molecule has 2 aromatic rings. The van der Waals surface area contributed by atoms with Gasteiger partial charge in [0.05, 0.1) is 6.42 Å². The number of benzene rings is 2. The van der Waals surface area contributed by atoms with E-state index in [1.807, 2.05) is 4.90 Å². The summed E-state index contributed by atoms with van der Waals surface area (Å²) in [6.45, 7) is 8.35. The van der Waals surface area contributed by atoms with Crippen LogP contribution in [0, 0.1) is 12.3 Å². The Hall–Kier alpha value is -3.08. The minimum absolute atomic E-state index is 0.00941. The molecule has 2 N–H and O–H groups in total. The maximum absolute atomic E-state index is 12.6. The number of hydrogen-bond acceptors (Lipinski definition) is 3. The van der Waals surface area contributed by atoms with Crippen LogP contribution in [0.4, 0.5) is 5.69 Å². The summed E-state index contributed by atoms with van der Waals surface area (Å²) in [5.41, 5.74) is 10.6. The van der Waals surface area contributed by atoms with Gasteiger partial charge in [-0.3, -0.25) is 9.59 Å². The number of carbonyl (C=O) groups is 2. The van der Waals surface area contributed by atoms with Crippen molar-refractivity contribution < 1.29 is 9.59 Å². The number of piperidine rings is 1. The maximum Gasteiger partial charge on any atom is 0.226 e. The molecule has 0 spiro atoms. The summed E-state index contributed by atoms with van der Waals surface area (Å²) in [4.78, 5) is 28.2. The minimum Gasteiger partial charge on any atom is -0.369 e. The molecule has 1 fully saturated rings. The molecule has 3 rings (SSSR count). The molecule has 1 atom stereocenters. The van der Waals surface area contributed by atoms with Crippen molar-refractivity contribution in [3.63, 3.8) is 0 Å². The van der Waals surface area contributed by atoms with Gasteiger partial charge >= 0.3 is 0 Å². The zero-order valence-corrected chi connectivity index (χ0v) is 21.5. The smallest absolute Gasteiger partial charge is 0.226 e. The number of hydrogen-bond donors (Lipinski definition) is 1. The molecule has 0 saturated carbocycles. The molecule has 1 saturated heterocycles. The molecule has 1 aliphatic rings. The quantitative estimate of drug-likeness (QED) is 0.469. The first kappa shape index (κ1) is 26.5. The van der Waals surface area contributed by atoms with Gasteiger partial charge in [-0.2, -0.15) is 0 Å². The zero-order chi connectivity index (χ0) is 25.2. The standard InChI is InChI=1S/C30H40N3O2/c1-23(2)17-22-33(27-14-12-26(13-15-27)11-10-25-7-5-4-6-8-25)28-18-20-32(21-19-28)29(34)16-9-24(3)30(31)35/h4-8,12-17,24,28H,9-11,18-22H2,1-3H3,(H2,31,35). The van der Waals surface area contributed by atoms with E-state index in [-0.39, 0.29) is 17.7 Å². The lowest BCUT2D eigenvalue weighted by Gasteiger charge is -2.39. The van der Waals surface area contributed by atoms with Gasteiger partial charge in [-0.25, -0.2) is 0 Å². The lowest BCUT2D eigenvalue weighted by atomic mass is 9.99. The minimum atomic E-state index is -0.367. The second-order valence-electron chi connectivity index (χ2n) is 9.89. The molecule has 0 aliphatic carbocycles. The first-order chi connectivity index (χ1) is 16.8. The molecule has 35 heavy (non-hydrogen) atoms. The van der Waals surface area contributed by atoms with E-state index in [0.29, 0.717) is 12.5 Å². The number of nitrogens with zero attached hydrogens (tertiary/aromatic N) is 2. The summed E-state index contributed by atoms with van der Waals surface area (Å²) in [5, 5.41) is 0. The first-order valence-corrected chi connectivity index (χ1v) is 12.8. The number of amides is 2. The van der Waals surface area contributed by atoms with Crippen molar-refractivity contribution in [3.8, 4) is 0 Å². The van der Waals surface area contributed by atoms with E-state index in [1.54, 1.807) is 13.3 Å². The predicted molar refractivity (Wildman–Crippen MR) is 144 cm³/mol. The van der Waals surface area contributed by atoms with Crippen LogP contribution < -0.4 is 10.6 Å². The highest BCUT2D eigenvalue weighted by Gasteiger charge is 2.27. The Morgan fingerprint density at radius 1 is 1.00 bits per heavy atom. The monoisotopic (exact) mass is 474 g/mol. The number of rotatable bonds is 11. The van der Waals surface area contributed by atoms with Crippen molar-refractivity contribution in [2.75, 3.05) is 24.5 Å². The molecule has 1 radical (unpaired) electrons. The molecular weight excluding hydrogens is 434 g/mol. The van der Waals surface area contributed by atoms with Gasteiger partial charge in [0.15, 0.2) is 0 Å². The van der Waals surface area contributed by atoms with E-state index in [4.69, 9.17) is 5.73 Å². The van der Waals surface area contributed by atoms with Gasteiger partial charge in [0.2, 0.25) is 11.8 Å². The van der Waals surface area contributed by atoms with Crippen molar-refractivity contribution in [2.24, 2.45) is 11.7 Å². The predicted octanol–water partition coefficient (Wildman–Crippen LogP) is 4.95. The van der Waals surface area contributed by atoms with Crippen molar-refractivity contribution >= 4 is 17.5 Å². The van der Waals surface area contributed by atoms with Crippen molar-refractivity contribution in [1.82, 2.24) is 4.90 Å². The van der Waals surface area contributed by atoms with Crippen LogP contribution in [-0.2, 0) is 22.4 Å². The molecular formula is C30H40N3O2. The topological polar surface area (TPSA) is 66.6 Å². The number of likely N-dealkylation sites (tertiary alicyclic amines) is 1. The highest BCUT2D eigenvalue weighted by Crippen LogP contribution is 2.25. The van der Waals surface area contributed by atoms with Crippen LogP contribution >= 0.6 is 0 Å². The SMILES string of the molecule is CC(C)=CCN(c1ccc(CCc2ccccc2)cc1)C1CCN(C(=O)[CH]CC(C)C(N)=O)CC1. The Morgan fingerprint density at radius 2 is 1.60 bits per heavy atom. The van der Waals surface area contributed by atoms with Crippen molar-refractivity contribution in [3.05, 3.63) is 83.8 Å². The van der Waals surface area contributed by atoms with Crippen LogP contribution in [0.1, 0.15) is 51.2 Å². The summed E-state index contributed by atoms with van der Waals surface area (Å²) in [5.74, 6) is -0.671. The van der Waals surface area contributed by atoms with E-state index in [2.05, 4.69) is 79.4 Å². The summed E-state index contributed by atoms with van der Waals surface area (Å²) in [6.07, 6.45) is 8.23. The lowest BCUT2D eigenvalue weighted by Crippen LogP contribution is -2.47. The third-order valence-electron chi connectivity index (χ3n) is 6.86.